The van der Waals surface area contributed by atoms with Gasteiger partial charge >= 0.3 is 0 Å². The number of anilines is 2. The largest absolute Gasteiger partial charge is 0.368 e. The van der Waals surface area contributed by atoms with E-state index >= 15 is 0 Å². The molecule has 1 aliphatic rings. The first-order valence-corrected chi connectivity index (χ1v) is 12.3. The Labute approximate surface area is 197 Å². The lowest BCUT2D eigenvalue weighted by Crippen LogP contribution is -2.22. The fourth-order valence-corrected chi connectivity index (χ4v) is 6.35. The van der Waals surface area contributed by atoms with Gasteiger partial charge in [0.2, 0.25) is 11.9 Å². The average molecular weight is 486 g/mol. The molecule has 0 aliphatic heterocycles. The molecule has 4 N–H and O–H groups in total. The lowest BCUT2D eigenvalue weighted by molar-refractivity contribution is 0.509. The van der Waals surface area contributed by atoms with Crippen LogP contribution in [0.2, 0.25) is 5.02 Å². The van der Waals surface area contributed by atoms with E-state index in [1.54, 1.807) is 28.0 Å². The molecule has 5 rings (SSSR count). The molecule has 4 aromatic rings. The number of benzene rings is 1. The molecular weight excluding hydrogens is 466 g/mol. The summed E-state index contributed by atoms with van der Waals surface area (Å²) in [5, 5.41) is 1.88. The summed E-state index contributed by atoms with van der Waals surface area (Å²) in [6.45, 7) is 2.25. The molecule has 1 aliphatic carbocycles. The number of thiophene rings is 1. The Bertz CT molecular complexity index is 1360. The van der Waals surface area contributed by atoms with Crippen LogP contribution in [0.25, 0.3) is 15.9 Å². The Morgan fingerprint density at radius 2 is 1.88 bits per heavy atom. The number of hydrogen-bond donors (Lipinski definition) is 2. The van der Waals surface area contributed by atoms with E-state index in [9.17, 15) is 4.79 Å². The van der Waals surface area contributed by atoms with Crippen LogP contribution >= 0.6 is 34.7 Å². The summed E-state index contributed by atoms with van der Waals surface area (Å²) < 4.78 is 1.64. The van der Waals surface area contributed by atoms with Gasteiger partial charge in [0.05, 0.1) is 16.8 Å². The number of hydrogen-bond acceptors (Lipinski definition) is 9. The molecule has 0 radical (unpaired) electrons. The summed E-state index contributed by atoms with van der Waals surface area (Å²) in [7, 11) is 0. The number of nitrogens with zero attached hydrogens (tertiary/aromatic N) is 5. The maximum absolute atomic E-state index is 13.8. The maximum Gasteiger partial charge on any atom is 0.267 e. The minimum absolute atomic E-state index is 0.0617. The van der Waals surface area contributed by atoms with Crippen LogP contribution in [0, 0.1) is 5.92 Å². The van der Waals surface area contributed by atoms with Crippen LogP contribution in [0.1, 0.15) is 29.6 Å². The van der Waals surface area contributed by atoms with Crippen LogP contribution in [-0.4, -0.2) is 24.5 Å². The average Bonchev–Trinajstić information content (AvgIpc) is 3.10. The van der Waals surface area contributed by atoms with Crippen LogP contribution in [0.4, 0.5) is 11.9 Å². The van der Waals surface area contributed by atoms with Gasteiger partial charge in [-0.05, 0) is 55.0 Å². The molecule has 0 saturated carbocycles. The molecule has 8 nitrogen and oxygen atoms in total. The topological polar surface area (TPSA) is 126 Å². The van der Waals surface area contributed by atoms with Crippen molar-refractivity contribution in [2.24, 2.45) is 5.92 Å². The lowest BCUT2D eigenvalue weighted by atomic mass is 9.89. The molecule has 3 heterocycles. The Balaban J connectivity index is 1.65. The minimum Gasteiger partial charge on any atom is -0.368 e. The van der Waals surface area contributed by atoms with Gasteiger partial charge in [0.25, 0.3) is 5.56 Å². The molecule has 1 atom stereocenters. The third-order valence-electron chi connectivity index (χ3n) is 5.43. The first-order valence-electron chi connectivity index (χ1n) is 10.1. The van der Waals surface area contributed by atoms with Crippen molar-refractivity contribution in [2.75, 3.05) is 11.5 Å². The van der Waals surface area contributed by atoms with Crippen molar-refractivity contribution >= 4 is 56.8 Å². The van der Waals surface area contributed by atoms with Gasteiger partial charge in [-0.3, -0.25) is 9.36 Å². The van der Waals surface area contributed by atoms with Gasteiger partial charge in [0, 0.05) is 9.90 Å². The molecule has 0 saturated heterocycles. The number of halogens is 1. The molecule has 32 heavy (non-hydrogen) atoms. The zero-order chi connectivity index (χ0) is 22.4. The SMILES string of the molecule is CC1CCc2c(sc3nc(SCc4nc(N)nc(N)n4)n(-c4ccc(Cl)cc4)c(=O)c23)C1. The molecule has 11 heteroatoms. The Kier molecular flexibility index (Phi) is 5.52. The number of rotatable bonds is 4. The normalized spacial score (nSPS) is 15.8. The molecule has 0 bridgehead atoms. The van der Waals surface area contributed by atoms with Crippen molar-refractivity contribution in [3.63, 3.8) is 0 Å². The maximum atomic E-state index is 13.8. The van der Waals surface area contributed by atoms with E-state index in [0.717, 1.165) is 35.0 Å². The molecule has 1 unspecified atom stereocenters. The molecular formula is C21H20ClN7OS2. The van der Waals surface area contributed by atoms with E-state index in [4.69, 9.17) is 28.1 Å². The Hall–Kier alpha value is -2.69. The van der Waals surface area contributed by atoms with Gasteiger partial charge in [0.1, 0.15) is 10.7 Å². The Morgan fingerprint density at radius 3 is 2.59 bits per heavy atom. The fourth-order valence-electron chi connectivity index (χ4n) is 3.94. The van der Waals surface area contributed by atoms with Crippen molar-refractivity contribution in [1.82, 2.24) is 24.5 Å². The fraction of sp³-hybridized carbons (Fsp3) is 0.286. The van der Waals surface area contributed by atoms with Gasteiger partial charge in [-0.15, -0.1) is 11.3 Å². The summed E-state index contributed by atoms with van der Waals surface area (Å²) in [4.78, 5) is 32.8. The summed E-state index contributed by atoms with van der Waals surface area (Å²) in [5.74, 6) is 1.50. The third kappa shape index (κ3) is 3.94. The van der Waals surface area contributed by atoms with Crippen molar-refractivity contribution in [3.05, 3.63) is 55.9 Å². The number of aromatic nitrogens is 5. The van der Waals surface area contributed by atoms with Gasteiger partial charge in [-0.2, -0.15) is 15.0 Å². The predicted molar refractivity (Wildman–Crippen MR) is 130 cm³/mol. The number of thioether (sulfide) groups is 1. The van der Waals surface area contributed by atoms with E-state index in [-0.39, 0.29) is 17.5 Å². The second-order valence-corrected chi connectivity index (χ2v) is 10.3. The number of fused-ring (bicyclic) bond motifs is 3. The van der Waals surface area contributed by atoms with Crippen molar-refractivity contribution in [2.45, 2.75) is 37.1 Å². The Morgan fingerprint density at radius 1 is 1.16 bits per heavy atom. The molecule has 0 amide bonds. The van der Waals surface area contributed by atoms with Gasteiger partial charge in [0.15, 0.2) is 5.16 Å². The van der Waals surface area contributed by atoms with Crippen molar-refractivity contribution < 1.29 is 0 Å². The summed E-state index contributed by atoms with van der Waals surface area (Å²) >= 11 is 9.06. The summed E-state index contributed by atoms with van der Waals surface area (Å²) in [6.07, 6.45) is 2.98. The number of nitrogen functional groups attached to an aromatic ring is 2. The van der Waals surface area contributed by atoms with E-state index < -0.39 is 0 Å². The van der Waals surface area contributed by atoms with Gasteiger partial charge in [-0.1, -0.05) is 30.3 Å². The second kappa shape index (κ2) is 8.34. The summed E-state index contributed by atoms with van der Waals surface area (Å²) in [6, 6.07) is 7.17. The van der Waals surface area contributed by atoms with Gasteiger partial charge in [-0.25, -0.2) is 4.98 Å². The zero-order valence-electron chi connectivity index (χ0n) is 17.2. The van der Waals surface area contributed by atoms with E-state index in [1.807, 2.05) is 12.1 Å². The molecule has 164 valence electrons. The van der Waals surface area contributed by atoms with Crippen LogP contribution in [-0.2, 0) is 18.6 Å². The van der Waals surface area contributed by atoms with E-state index in [0.29, 0.717) is 33.4 Å². The van der Waals surface area contributed by atoms with Crippen molar-refractivity contribution in [3.8, 4) is 5.69 Å². The molecule has 0 fully saturated rings. The molecule has 0 spiro atoms. The number of nitrogens with two attached hydrogens (primary N) is 2. The second-order valence-electron chi connectivity index (χ2n) is 7.80. The predicted octanol–water partition coefficient (Wildman–Crippen LogP) is 3.87. The van der Waals surface area contributed by atoms with Crippen LogP contribution in [0.15, 0.2) is 34.2 Å². The zero-order valence-corrected chi connectivity index (χ0v) is 19.6. The van der Waals surface area contributed by atoms with E-state index in [2.05, 4.69) is 21.9 Å². The smallest absolute Gasteiger partial charge is 0.267 e. The highest BCUT2D eigenvalue weighted by molar-refractivity contribution is 7.98. The first-order chi connectivity index (χ1) is 15.4. The van der Waals surface area contributed by atoms with E-state index in [1.165, 1.54) is 16.6 Å². The monoisotopic (exact) mass is 485 g/mol. The minimum atomic E-state index is -0.0680. The number of aryl methyl sites for hydroxylation is 1. The van der Waals surface area contributed by atoms with Crippen LogP contribution in [0.3, 0.4) is 0 Å². The van der Waals surface area contributed by atoms with Crippen molar-refractivity contribution in [1.29, 1.82) is 0 Å². The lowest BCUT2D eigenvalue weighted by Gasteiger charge is -2.17. The summed E-state index contributed by atoms with van der Waals surface area (Å²) in [5.41, 5.74) is 13.2. The highest BCUT2D eigenvalue weighted by atomic mass is 35.5. The van der Waals surface area contributed by atoms with Crippen LogP contribution < -0.4 is 17.0 Å². The molecule has 1 aromatic carbocycles. The highest BCUT2D eigenvalue weighted by Crippen LogP contribution is 2.37. The molecule has 3 aromatic heterocycles. The quantitative estimate of drug-likeness (QED) is 0.329. The van der Waals surface area contributed by atoms with Gasteiger partial charge < -0.3 is 11.5 Å². The third-order valence-corrected chi connectivity index (χ3v) is 7.76. The highest BCUT2D eigenvalue weighted by Gasteiger charge is 2.25. The van der Waals surface area contributed by atoms with Crippen LogP contribution in [0.5, 0.6) is 0 Å². The first kappa shape index (κ1) is 21.2. The standard InChI is InChI=1S/C21H20ClN7OS2/c1-10-2-7-13-14(8-10)32-17-16(13)18(30)29(12-5-3-11(22)4-6-12)21(27-17)31-9-15-25-19(23)28-20(24)26-15/h3-6,10H,2,7-9H2,1H3,(H4,23,24,25,26,28).